The number of ether oxygens (including phenoxy) is 1. The largest absolute Gasteiger partial charge is 0.497 e. The van der Waals surface area contributed by atoms with Crippen LogP contribution in [0.5, 0.6) is 5.75 Å². The van der Waals surface area contributed by atoms with Crippen molar-refractivity contribution < 1.29 is 31.1 Å². The third-order valence-electron chi connectivity index (χ3n) is 3.99. The van der Waals surface area contributed by atoms with Crippen LogP contribution in [0.3, 0.4) is 0 Å². The highest BCUT2D eigenvalue weighted by molar-refractivity contribution is 7.92. The molecule has 0 spiro atoms. The molecular formula is C18H15F3N4O4S2. The van der Waals surface area contributed by atoms with Crippen LogP contribution in [0.4, 0.5) is 24.0 Å². The average Bonchev–Trinajstić information content (AvgIpc) is 3.17. The van der Waals surface area contributed by atoms with Crippen molar-refractivity contribution in [3.63, 3.8) is 0 Å². The third kappa shape index (κ3) is 5.30. The Morgan fingerprint density at radius 2 is 1.77 bits per heavy atom. The van der Waals surface area contributed by atoms with Crippen molar-refractivity contribution in [2.24, 2.45) is 0 Å². The van der Waals surface area contributed by atoms with E-state index in [1.807, 2.05) is 0 Å². The lowest BCUT2D eigenvalue weighted by Gasteiger charge is -2.11. The van der Waals surface area contributed by atoms with Crippen molar-refractivity contribution in [3.8, 4) is 5.75 Å². The highest BCUT2D eigenvalue weighted by Crippen LogP contribution is 2.33. The van der Waals surface area contributed by atoms with Gasteiger partial charge in [-0.15, -0.1) is 10.2 Å². The van der Waals surface area contributed by atoms with Crippen LogP contribution in [-0.4, -0.2) is 31.6 Å². The number of hydrogen-bond acceptors (Lipinski definition) is 7. The number of amides is 1. The summed E-state index contributed by atoms with van der Waals surface area (Å²) < 4.78 is 70.7. The second-order valence-electron chi connectivity index (χ2n) is 6.17. The normalized spacial score (nSPS) is 11.8. The van der Waals surface area contributed by atoms with Crippen LogP contribution in [0, 0.1) is 6.92 Å². The molecule has 0 radical (unpaired) electrons. The summed E-state index contributed by atoms with van der Waals surface area (Å²) in [4.78, 5) is 12.3. The number of carbonyl (C=O) groups excluding carboxylic acids is 1. The SMILES string of the molecule is COc1ccc(NS(=O)(=O)c2ccc(C)c(C(=O)Nc3nnc(C(F)(F)F)s3)c2)cc1. The molecule has 0 aliphatic heterocycles. The Morgan fingerprint density at radius 3 is 2.35 bits per heavy atom. The zero-order valence-corrected chi connectivity index (χ0v) is 17.7. The fourth-order valence-electron chi connectivity index (χ4n) is 2.44. The van der Waals surface area contributed by atoms with Crippen LogP contribution < -0.4 is 14.8 Å². The number of rotatable bonds is 6. The van der Waals surface area contributed by atoms with Gasteiger partial charge in [-0.25, -0.2) is 8.42 Å². The summed E-state index contributed by atoms with van der Waals surface area (Å²) in [6, 6.07) is 10.0. The molecule has 3 aromatic rings. The van der Waals surface area contributed by atoms with Crippen molar-refractivity contribution in [2.45, 2.75) is 18.0 Å². The average molecular weight is 472 g/mol. The van der Waals surface area contributed by atoms with E-state index < -0.39 is 27.1 Å². The van der Waals surface area contributed by atoms with Gasteiger partial charge in [-0.3, -0.25) is 14.8 Å². The maximum Gasteiger partial charge on any atom is 0.445 e. The molecule has 8 nitrogen and oxygen atoms in total. The number of nitrogens with zero attached hydrogens (tertiary/aromatic N) is 2. The molecule has 0 saturated carbocycles. The molecule has 1 aromatic heterocycles. The van der Waals surface area contributed by atoms with Gasteiger partial charge in [0.15, 0.2) is 0 Å². The van der Waals surface area contributed by atoms with Crippen molar-refractivity contribution in [3.05, 3.63) is 58.6 Å². The summed E-state index contributed by atoms with van der Waals surface area (Å²) in [6.07, 6.45) is -4.68. The lowest BCUT2D eigenvalue weighted by Crippen LogP contribution is -2.17. The van der Waals surface area contributed by atoms with E-state index in [1.165, 1.54) is 31.4 Å². The molecule has 0 atom stereocenters. The summed E-state index contributed by atoms with van der Waals surface area (Å²) in [5, 5.41) is 6.92. The number of sulfonamides is 1. The number of halogens is 3. The van der Waals surface area contributed by atoms with Gasteiger partial charge < -0.3 is 4.74 Å². The van der Waals surface area contributed by atoms with E-state index >= 15 is 0 Å². The number of methoxy groups -OCH3 is 1. The number of anilines is 2. The van der Waals surface area contributed by atoms with E-state index in [-0.39, 0.29) is 32.6 Å². The first kappa shape index (κ1) is 22.5. The van der Waals surface area contributed by atoms with Gasteiger partial charge >= 0.3 is 6.18 Å². The fraction of sp³-hybridized carbons (Fsp3) is 0.167. The molecule has 0 saturated heterocycles. The summed E-state index contributed by atoms with van der Waals surface area (Å²) in [5.74, 6) is -0.272. The maximum absolute atomic E-state index is 12.7. The van der Waals surface area contributed by atoms with E-state index in [1.54, 1.807) is 19.1 Å². The molecule has 0 aliphatic carbocycles. The maximum atomic E-state index is 12.7. The molecule has 31 heavy (non-hydrogen) atoms. The summed E-state index contributed by atoms with van der Waals surface area (Å²) in [6.45, 7) is 1.56. The van der Waals surface area contributed by atoms with Gasteiger partial charge in [0.1, 0.15) is 5.75 Å². The van der Waals surface area contributed by atoms with Crippen molar-refractivity contribution in [1.82, 2.24) is 10.2 Å². The van der Waals surface area contributed by atoms with Gasteiger partial charge in [0.2, 0.25) is 10.1 Å². The predicted molar refractivity (Wildman–Crippen MR) is 108 cm³/mol. The Morgan fingerprint density at radius 1 is 1.10 bits per heavy atom. The minimum absolute atomic E-state index is 0.0404. The molecule has 0 bridgehead atoms. The number of benzene rings is 2. The molecule has 13 heteroatoms. The molecule has 0 unspecified atom stereocenters. The van der Waals surface area contributed by atoms with Gasteiger partial charge in [0.25, 0.3) is 15.9 Å². The standard InChI is InChI=1S/C18H15F3N4O4S2/c1-10-3-8-13(31(27,28)25-11-4-6-12(29-2)7-5-11)9-14(10)15(26)22-17-24-23-16(30-17)18(19,20)21/h3-9,25H,1-2H3,(H,22,24,26). The second kappa shape index (κ2) is 8.51. The molecule has 3 rings (SSSR count). The highest BCUT2D eigenvalue weighted by atomic mass is 32.2. The Balaban J connectivity index is 1.83. The number of hydrogen-bond donors (Lipinski definition) is 2. The molecule has 1 amide bonds. The summed E-state index contributed by atoms with van der Waals surface area (Å²) in [7, 11) is -2.56. The minimum Gasteiger partial charge on any atom is -0.497 e. The van der Waals surface area contributed by atoms with Crippen molar-refractivity contribution in [1.29, 1.82) is 0 Å². The molecule has 2 N–H and O–H groups in total. The molecule has 0 aliphatic rings. The number of aryl methyl sites for hydroxylation is 1. The van der Waals surface area contributed by atoms with E-state index in [0.717, 1.165) is 6.07 Å². The molecule has 2 aromatic carbocycles. The van der Waals surface area contributed by atoms with Crippen molar-refractivity contribution in [2.75, 3.05) is 17.1 Å². The minimum atomic E-state index is -4.68. The summed E-state index contributed by atoms with van der Waals surface area (Å²) in [5.41, 5.74) is 0.656. The van der Waals surface area contributed by atoms with Crippen LogP contribution in [0.2, 0.25) is 0 Å². The smallest absolute Gasteiger partial charge is 0.445 e. The molecule has 164 valence electrons. The van der Waals surface area contributed by atoms with Gasteiger partial charge in [0, 0.05) is 11.3 Å². The number of aromatic nitrogens is 2. The zero-order valence-electron chi connectivity index (χ0n) is 16.0. The summed E-state index contributed by atoms with van der Waals surface area (Å²) >= 11 is 0.163. The number of alkyl halides is 3. The van der Waals surface area contributed by atoms with Crippen LogP contribution in [0.25, 0.3) is 0 Å². The van der Waals surface area contributed by atoms with Crippen LogP contribution >= 0.6 is 11.3 Å². The van der Waals surface area contributed by atoms with E-state index in [4.69, 9.17) is 4.74 Å². The van der Waals surface area contributed by atoms with Gasteiger partial charge in [-0.05, 0) is 48.9 Å². The predicted octanol–water partition coefficient (Wildman–Crippen LogP) is 3.93. The van der Waals surface area contributed by atoms with Crippen molar-refractivity contribution >= 4 is 38.1 Å². The zero-order chi connectivity index (χ0) is 22.8. The monoisotopic (exact) mass is 472 g/mol. The van der Waals surface area contributed by atoms with E-state index in [2.05, 4.69) is 20.2 Å². The Bertz CT molecular complexity index is 1210. The number of nitrogens with one attached hydrogen (secondary N) is 2. The van der Waals surface area contributed by atoms with Crippen LogP contribution in [0.15, 0.2) is 47.4 Å². The molecule has 0 fully saturated rings. The third-order valence-corrected chi connectivity index (χ3v) is 6.26. The topological polar surface area (TPSA) is 110 Å². The molecular weight excluding hydrogens is 457 g/mol. The first-order valence-electron chi connectivity index (χ1n) is 8.49. The highest BCUT2D eigenvalue weighted by Gasteiger charge is 2.36. The Labute approximate surface area is 179 Å². The van der Waals surface area contributed by atoms with E-state index in [9.17, 15) is 26.4 Å². The fourth-order valence-corrected chi connectivity index (χ4v) is 4.13. The van der Waals surface area contributed by atoms with Crippen LogP contribution in [-0.2, 0) is 16.2 Å². The number of carbonyl (C=O) groups is 1. The lowest BCUT2D eigenvalue weighted by atomic mass is 10.1. The first-order chi connectivity index (χ1) is 14.5. The second-order valence-corrected chi connectivity index (χ2v) is 8.83. The first-order valence-corrected chi connectivity index (χ1v) is 10.8. The quantitative estimate of drug-likeness (QED) is 0.563. The van der Waals surface area contributed by atoms with Crippen LogP contribution in [0.1, 0.15) is 20.9 Å². The Kier molecular flexibility index (Phi) is 6.18. The Hall–Kier alpha value is -3.19. The van der Waals surface area contributed by atoms with Gasteiger partial charge in [-0.2, -0.15) is 13.2 Å². The molecule has 1 heterocycles. The van der Waals surface area contributed by atoms with Gasteiger partial charge in [-0.1, -0.05) is 17.4 Å². The van der Waals surface area contributed by atoms with Gasteiger partial charge in [0.05, 0.1) is 12.0 Å². The van der Waals surface area contributed by atoms with E-state index in [0.29, 0.717) is 11.3 Å². The lowest BCUT2D eigenvalue weighted by molar-refractivity contribution is -0.138.